The van der Waals surface area contributed by atoms with E-state index in [1.165, 1.54) is 25.2 Å². The maximum absolute atomic E-state index is 16.5. The fourth-order valence-electron chi connectivity index (χ4n) is 4.37. The standard InChI is InChI=1S/C30H24F6N2O3/c1-4-15(2)38-28(39)20-13-17(7-10-21(20)32)23-18(11-12-30(34,35)36)14-22-24(26(23)33)25(29(40)37-3)27(41-22)16-5-8-19(31)9-6-16/h5-10,13-14H,2,4,11-12H2,1,3H3,(H,37,40)(H,38,39). The molecule has 4 rings (SSSR count). The Balaban J connectivity index is 2.02. The zero-order valence-electron chi connectivity index (χ0n) is 21.9. The number of hydrogen-bond donors (Lipinski definition) is 2. The van der Waals surface area contributed by atoms with E-state index in [2.05, 4.69) is 17.2 Å². The Morgan fingerprint density at radius 2 is 1.61 bits per heavy atom. The molecule has 2 amide bonds. The molecule has 1 heterocycles. The number of furan rings is 1. The summed E-state index contributed by atoms with van der Waals surface area (Å²) in [6, 6.07) is 9.04. The first-order valence-electron chi connectivity index (χ1n) is 12.5. The van der Waals surface area contributed by atoms with Crippen molar-refractivity contribution < 1.29 is 40.3 Å². The van der Waals surface area contributed by atoms with Crippen LogP contribution in [0.25, 0.3) is 33.4 Å². The number of aryl methyl sites for hydroxylation is 1. The van der Waals surface area contributed by atoms with Crippen molar-refractivity contribution in [3.63, 3.8) is 0 Å². The maximum Gasteiger partial charge on any atom is 0.389 e. The van der Waals surface area contributed by atoms with Crippen molar-refractivity contribution in [2.75, 3.05) is 7.05 Å². The smallest absolute Gasteiger partial charge is 0.389 e. The van der Waals surface area contributed by atoms with E-state index in [0.29, 0.717) is 12.1 Å². The highest BCUT2D eigenvalue weighted by Crippen LogP contribution is 2.41. The molecule has 0 aliphatic carbocycles. The molecule has 0 unspecified atom stereocenters. The average Bonchev–Trinajstić information content (AvgIpc) is 3.31. The van der Waals surface area contributed by atoms with Gasteiger partial charge in [0.15, 0.2) is 0 Å². The third kappa shape index (κ3) is 6.13. The lowest BCUT2D eigenvalue weighted by atomic mass is 9.91. The quantitative estimate of drug-likeness (QED) is 0.212. The summed E-state index contributed by atoms with van der Waals surface area (Å²) < 4.78 is 90.2. The van der Waals surface area contributed by atoms with E-state index in [0.717, 1.165) is 30.3 Å². The minimum absolute atomic E-state index is 0.0948. The summed E-state index contributed by atoms with van der Waals surface area (Å²) in [4.78, 5) is 25.6. The highest BCUT2D eigenvalue weighted by atomic mass is 19.4. The number of halogens is 6. The van der Waals surface area contributed by atoms with Gasteiger partial charge in [-0.2, -0.15) is 13.2 Å². The van der Waals surface area contributed by atoms with Crippen LogP contribution in [-0.4, -0.2) is 25.0 Å². The molecule has 0 spiro atoms. The van der Waals surface area contributed by atoms with Gasteiger partial charge in [-0.1, -0.05) is 19.6 Å². The zero-order valence-corrected chi connectivity index (χ0v) is 21.9. The Hall–Kier alpha value is -4.54. The molecule has 0 aliphatic rings. The zero-order chi connectivity index (χ0) is 30.1. The molecular weight excluding hydrogens is 550 g/mol. The topological polar surface area (TPSA) is 71.3 Å². The first-order chi connectivity index (χ1) is 19.3. The molecule has 4 aromatic rings. The van der Waals surface area contributed by atoms with Crippen molar-refractivity contribution >= 4 is 22.8 Å². The molecule has 0 aliphatic heterocycles. The number of fused-ring (bicyclic) bond motifs is 1. The Labute approximate surface area is 230 Å². The third-order valence-electron chi connectivity index (χ3n) is 6.46. The second kappa shape index (κ2) is 11.5. The number of nitrogens with one attached hydrogen (secondary N) is 2. The van der Waals surface area contributed by atoms with Crippen LogP contribution in [0.3, 0.4) is 0 Å². The highest BCUT2D eigenvalue weighted by molar-refractivity contribution is 6.12. The molecule has 0 fully saturated rings. The molecule has 0 bridgehead atoms. The molecule has 214 valence electrons. The summed E-state index contributed by atoms with van der Waals surface area (Å²) in [5.41, 5.74) is -1.06. The Morgan fingerprint density at radius 3 is 2.22 bits per heavy atom. The van der Waals surface area contributed by atoms with Gasteiger partial charge in [0.1, 0.15) is 28.8 Å². The minimum atomic E-state index is -4.59. The van der Waals surface area contributed by atoms with Crippen LogP contribution in [0.2, 0.25) is 0 Å². The van der Waals surface area contributed by atoms with Gasteiger partial charge in [0.05, 0.1) is 16.5 Å². The van der Waals surface area contributed by atoms with Crippen molar-refractivity contribution in [3.05, 3.63) is 94.9 Å². The highest BCUT2D eigenvalue weighted by Gasteiger charge is 2.31. The predicted octanol–water partition coefficient (Wildman–Crippen LogP) is 7.69. The Morgan fingerprint density at radius 1 is 0.951 bits per heavy atom. The maximum atomic E-state index is 16.5. The molecule has 0 atom stereocenters. The van der Waals surface area contributed by atoms with Crippen molar-refractivity contribution in [1.82, 2.24) is 10.6 Å². The molecule has 2 N–H and O–H groups in total. The lowest BCUT2D eigenvalue weighted by molar-refractivity contribution is -0.133. The van der Waals surface area contributed by atoms with Gasteiger partial charge in [0.2, 0.25) is 0 Å². The summed E-state index contributed by atoms with van der Waals surface area (Å²) in [6.07, 6.45) is -6.23. The third-order valence-corrected chi connectivity index (χ3v) is 6.46. The van der Waals surface area contributed by atoms with Crippen LogP contribution >= 0.6 is 0 Å². The number of carbonyl (C=O) groups excluding carboxylic acids is 2. The average molecular weight is 575 g/mol. The largest absolute Gasteiger partial charge is 0.455 e. The van der Waals surface area contributed by atoms with Gasteiger partial charge in [-0.25, -0.2) is 13.2 Å². The van der Waals surface area contributed by atoms with Gasteiger partial charge >= 0.3 is 6.18 Å². The number of rotatable bonds is 8. The lowest BCUT2D eigenvalue weighted by Gasteiger charge is -2.15. The monoisotopic (exact) mass is 574 g/mol. The molecule has 5 nitrogen and oxygen atoms in total. The molecule has 0 radical (unpaired) electrons. The van der Waals surface area contributed by atoms with Crippen LogP contribution in [0.15, 0.2) is 65.2 Å². The number of carbonyl (C=O) groups is 2. The minimum Gasteiger partial charge on any atom is -0.455 e. The van der Waals surface area contributed by atoms with Crippen LogP contribution in [0.5, 0.6) is 0 Å². The number of allylic oxidation sites excluding steroid dienone is 1. The van der Waals surface area contributed by atoms with Crippen LogP contribution < -0.4 is 10.6 Å². The van der Waals surface area contributed by atoms with Crippen molar-refractivity contribution in [2.45, 2.75) is 32.4 Å². The predicted molar refractivity (Wildman–Crippen MR) is 142 cm³/mol. The summed E-state index contributed by atoms with van der Waals surface area (Å²) >= 11 is 0. The molecule has 1 aromatic heterocycles. The lowest BCUT2D eigenvalue weighted by Crippen LogP contribution is -2.23. The Bertz CT molecular complexity index is 1660. The normalized spacial score (nSPS) is 11.5. The second-order valence-corrected chi connectivity index (χ2v) is 9.21. The van der Waals surface area contributed by atoms with E-state index in [4.69, 9.17) is 4.42 Å². The molecule has 3 aromatic carbocycles. The van der Waals surface area contributed by atoms with Crippen LogP contribution in [0, 0.1) is 17.5 Å². The van der Waals surface area contributed by atoms with Crippen molar-refractivity contribution in [2.24, 2.45) is 0 Å². The van der Waals surface area contributed by atoms with E-state index >= 15 is 4.39 Å². The number of alkyl halides is 3. The van der Waals surface area contributed by atoms with Crippen LogP contribution in [0.1, 0.15) is 46.0 Å². The SMILES string of the molecule is C=C(CC)NC(=O)c1cc(-c2c(CCC(F)(F)F)cc3oc(-c4ccc(F)cc4)c(C(=O)NC)c3c2F)ccc1F. The number of hydrogen-bond acceptors (Lipinski definition) is 3. The second-order valence-electron chi connectivity index (χ2n) is 9.21. The van der Waals surface area contributed by atoms with E-state index in [9.17, 15) is 31.5 Å². The van der Waals surface area contributed by atoms with Gasteiger partial charge in [-0.3, -0.25) is 9.59 Å². The summed E-state index contributed by atoms with van der Waals surface area (Å²) in [5, 5.41) is 4.46. The van der Waals surface area contributed by atoms with Crippen LogP contribution in [0.4, 0.5) is 26.3 Å². The van der Waals surface area contributed by atoms with E-state index < -0.39 is 53.8 Å². The number of amides is 2. The molecular formula is C30H24F6N2O3. The molecule has 41 heavy (non-hydrogen) atoms. The fourth-order valence-corrected chi connectivity index (χ4v) is 4.37. The molecule has 0 saturated carbocycles. The van der Waals surface area contributed by atoms with Crippen molar-refractivity contribution in [3.8, 4) is 22.5 Å². The fraction of sp³-hybridized carbons (Fsp3) is 0.200. The van der Waals surface area contributed by atoms with E-state index in [-0.39, 0.29) is 44.5 Å². The Kier molecular flexibility index (Phi) is 8.27. The first-order valence-corrected chi connectivity index (χ1v) is 12.5. The van der Waals surface area contributed by atoms with Gasteiger partial charge in [-0.15, -0.1) is 0 Å². The molecule has 11 heteroatoms. The van der Waals surface area contributed by atoms with Gasteiger partial charge in [0.25, 0.3) is 11.8 Å². The van der Waals surface area contributed by atoms with E-state index in [1.807, 2.05) is 0 Å². The summed E-state index contributed by atoms with van der Waals surface area (Å²) in [5.74, 6) is -4.40. The first kappa shape index (κ1) is 29.4. The van der Waals surface area contributed by atoms with Crippen molar-refractivity contribution in [1.29, 1.82) is 0 Å². The summed E-state index contributed by atoms with van der Waals surface area (Å²) in [7, 11) is 1.29. The van der Waals surface area contributed by atoms with Gasteiger partial charge < -0.3 is 15.1 Å². The van der Waals surface area contributed by atoms with Gasteiger partial charge in [-0.05, 0) is 66.4 Å². The number of benzene rings is 3. The van der Waals surface area contributed by atoms with E-state index in [1.54, 1.807) is 6.92 Å². The van der Waals surface area contributed by atoms with Gasteiger partial charge in [0, 0.05) is 30.3 Å². The molecule has 0 saturated heterocycles. The van der Waals surface area contributed by atoms with Crippen LogP contribution in [-0.2, 0) is 6.42 Å². The summed E-state index contributed by atoms with van der Waals surface area (Å²) in [6.45, 7) is 5.35.